The van der Waals surface area contributed by atoms with E-state index >= 15 is 0 Å². The Labute approximate surface area is 115 Å². The summed E-state index contributed by atoms with van der Waals surface area (Å²) in [6.07, 6.45) is 3.40. The van der Waals surface area contributed by atoms with E-state index in [4.69, 9.17) is 10.2 Å². The van der Waals surface area contributed by atoms with Crippen LogP contribution >= 0.6 is 0 Å². The van der Waals surface area contributed by atoms with Crippen molar-refractivity contribution < 1.29 is 19.8 Å². The van der Waals surface area contributed by atoms with E-state index < -0.39 is 5.97 Å². The Morgan fingerprint density at radius 2 is 2.25 bits per heavy atom. The van der Waals surface area contributed by atoms with Crippen LogP contribution in [0.25, 0.3) is 0 Å². The molecule has 2 amide bonds. The Morgan fingerprint density at radius 3 is 2.85 bits per heavy atom. The van der Waals surface area contributed by atoms with Gasteiger partial charge in [-0.05, 0) is 12.8 Å². The summed E-state index contributed by atoms with van der Waals surface area (Å²) in [6, 6.07) is -0.0424. The molecule has 1 heterocycles. The molecule has 9 heteroatoms. The van der Waals surface area contributed by atoms with Gasteiger partial charge in [-0.3, -0.25) is 4.79 Å². The molecular formula is C11H17N5O4. The molecule has 9 nitrogen and oxygen atoms in total. The normalized spacial score (nSPS) is 14.1. The van der Waals surface area contributed by atoms with Crippen molar-refractivity contribution in [3.05, 3.63) is 11.9 Å². The lowest BCUT2D eigenvalue weighted by Crippen LogP contribution is -2.42. The second kappa shape index (κ2) is 6.33. The summed E-state index contributed by atoms with van der Waals surface area (Å²) in [5, 5.41) is 27.6. The minimum atomic E-state index is -1.01. The van der Waals surface area contributed by atoms with Crippen LogP contribution in [0.4, 0.5) is 4.79 Å². The predicted octanol–water partition coefficient (Wildman–Crippen LogP) is -0.971. The third-order valence-electron chi connectivity index (χ3n) is 2.89. The maximum absolute atomic E-state index is 11.9. The number of aliphatic hydroxyl groups is 1. The third kappa shape index (κ3) is 3.92. The number of hydrogen-bond donors (Lipinski definition) is 3. The molecular weight excluding hydrogens is 266 g/mol. The Bertz CT molecular complexity index is 485. The predicted molar refractivity (Wildman–Crippen MR) is 66.7 cm³/mol. The van der Waals surface area contributed by atoms with E-state index in [1.165, 1.54) is 10.9 Å². The molecule has 1 aromatic rings. The topological polar surface area (TPSA) is 121 Å². The Hall–Kier alpha value is -2.16. The Balaban J connectivity index is 1.82. The molecule has 20 heavy (non-hydrogen) atoms. The van der Waals surface area contributed by atoms with Crippen molar-refractivity contribution in [2.75, 3.05) is 13.2 Å². The summed E-state index contributed by atoms with van der Waals surface area (Å²) in [6.45, 7) is 0.147. The SMILES string of the molecule is O=C(O)Cn1cc(CNC(=O)N(CCO)C2CC2)nn1. The largest absolute Gasteiger partial charge is 0.480 e. The first-order valence-electron chi connectivity index (χ1n) is 6.36. The molecule has 0 atom stereocenters. The number of nitrogens with one attached hydrogen (secondary N) is 1. The van der Waals surface area contributed by atoms with Crippen LogP contribution in [0, 0.1) is 0 Å². The highest BCUT2D eigenvalue weighted by Crippen LogP contribution is 2.26. The van der Waals surface area contributed by atoms with Crippen molar-refractivity contribution in [1.29, 1.82) is 0 Å². The van der Waals surface area contributed by atoms with Crippen LogP contribution in [0.3, 0.4) is 0 Å². The molecule has 0 radical (unpaired) electrons. The first-order chi connectivity index (χ1) is 9.60. The second-order valence-corrected chi connectivity index (χ2v) is 4.61. The lowest BCUT2D eigenvalue weighted by atomic mass is 10.4. The van der Waals surface area contributed by atoms with Crippen LogP contribution < -0.4 is 5.32 Å². The molecule has 3 N–H and O–H groups in total. The molecule has 0 unspecified atom stereocenters. The molecule has 2 rings (SSSR count). The van der Waals surface area contributed by atoms with E-state index in [1.54, 1.807) is 4.90 Å². The first-order valence-corrected chi connectivity index (χ1v) is 6.36. The molecule has 1 aliphatic rings. The summed E-state index contributed by atoms with van der Waals surface area (Å²) in [4.78, 5) is 24.0. The lowest BCUT2D eigenvalue weighted by molar-refractivity contribution is -0.137. The highest BCUT2D eigenvalue weighted by Gasteiger charge is 2.31. The van der Waals surface area contributed by atoms with Gasteiger partial charge in [0.25, 0.3) is 0 Å². The maximum atomic E-state index is 11.9. The number of amides is 2. The summed E-state index contributed by atoms with van der Waals surface area (Å²) < 4.78 is 1.19. The second-order valence-electron chi connectivity index (χ2n) is 4.61. The number of aliphatic carboxylic acids is 1. The van der Waals surface area contributed by atoms with Gasteiger partial charge in [-0.25, -0.2) is 9.48 Å². The van der Waals surface area contributed by atoms with Crippen LogP contribution in [0.15, 0.2) is 6.20 Å². The molecule has 0 bridgehead atoms. The molecule has 1 aromatic heterocycles. The molecule has 110 valence electrons. The minimum absolute atomic E-state index is 0.0707. The molecule has 1 fully saturated rings. The molecule has 1 aliphatic carbocycles. The lowest BCUT2D eigenvalue weighted by Gasteiger charge is -2.21. The Morgan fingerprint density at radius 1 is 1.50 bits per heavy atom. The zero-order chi connectivity index (χ0) is 14.5. The number of aromatic nitrogens is 3. The van der Waals surface area contributed by atoms with E-state index in [9.17, 15) is 9.59 Å². The standard InChI is InChI=1S/C11H17N5O4/c17-4-3-16(9-1-2-9)11(20)12-5-8-6-15(14-13-8)7-10(18)19/h6,9,17H,1-5,7H2,(H,12,20)(H,18,19). The highest BCUT2D eigenvalue weighted by molar-refractivity contribution is 5.74. The van der Waals surface area contributed by atoms with Crippen molar-refractivity contribution in [3.63, 3.8) is 0 Å². The minimum Gasteiger partial charge on any atom is -0.480 e. The van der Waals surface area contributed by atoms with Gasteiger partial charge in [0.1, 0.15) is 12.2 Å². The van der Waals surface area contributed by atoms with E-state index in [1.807, 2.05) is 0 Å². The average Bonchev–Trinajstić information content (AvgIpc) is 3.14. The Kier molecular flexibility index (Phi) is 4.51. The fourth-order valence-electron chi connectivity index (χ4n) is 1.85. The van der Waals surface area contributed by atoms with Crippen LogP contribution in [0.2, 0.25) is 0 Å². The zero-order valence-electron chi connectivity index (χ0n) is 10.9. The summed E-state index contributed by atoms with van der Waals surface area (Å²) in [5.41, 5.74) is 0.486. The van der Waals surface area contributed by atoms with Gasteiger partial charge < -0.3 is 20.4 Å². The highest BCUT2D eigenvalue weighted by atomic mass is 16.4. The summed E-state index contributed by atoms with van der Waals surface area (Å²) in [7, 11) is 0. The smallest absolute Gasteiger partial charge is 0.325 e. The van der Waals surface area contributed by atoms with Crippen molar-refractivity contribution in [3.8, 4) is 0 Å². The van der Waals surface area contributed by atoms with Gasteiger partial charge in [0.2, 0.25) is 0 Å². The number of urea groups is 1. The maximum Gasteiger partial charge on any atom is 0.325 e. The van der Waals surface area contributed by atoms with E-state index in [0.29, 0.717) is 12.2 Å². The monoisotopic (exact) mass is 283 g/mol. The number of hydrogen-bond acceptors (Lipinski definition) is 5. The van der Waals surface area contributed by atoms with Gasteiger partial charge in [-0.2, -0.15) is 0 Å². The van der Waals surface area contributed by atoms with Gasteiger partial charge in [0.05, 0.1) is 19.3 Å². The van der Waals surface area contributed by atoms with Crippen LogP contribution in [0.1, 0.15) is 18.5 Å². The van der Waals surface area contributed by atoms with Crippen LogP contribution in [-0.2, 0) is 17.9 Å². The number of aliphatic hydroxyl groups excluding tert-OH is 1. The van der Waals surface area contributed by atoms with E-state index in [0.717, 1.165) is 12.8 Å². The number of carbonyl (C=O) groups is 2. The number of carboxylic acids is 1. The molecule has 1 saturated carbocycles. The first kappa shape index (κ1) is 14.3. The van der Waals surface area contributed by atoms with Gasteiger partial charge in [-0.15, -0.1) is 5.10 Å². The van der Waals surface area contributed by atoms with Crippen molar-refractivity contribution in [2.45, 2.75) is 32.0 Å². The van der Waals surface area contributed by atoms with Crippen LogP contribution in [-0.4, -0.2) is 61.3 Å². The van der Waals surface area contributed by atoms with Crippen molar-refractivity contribution in [1.82, 2.24) is 25.2 Å². The van der Waals surface area contributed by atoms with E-state index in [2.05, 4.69) is 15.6 Å². The van der Waals surface area contributed by atoms with E-state index in [-0.39, 0.29) is 31.8 Å². The quantitative estimate of drug-likeness (QED) is 0.592. The summed E-state index contributed by atoms with van der Waals surface area (Å²) >= 11 is 0. The fourth-order valence-corrected chi connectivity index (χ4v) is 1.85. The molecule has 0 aliphatic heterocycles. The number of carbonyl (C=O) groups excluding carboxylic acids is 1. The molecule has 0 spiro atoms. The number of carboxylic acid groups (broad SMARTS) is 1. The van der Waals surface area contributed by atoms with Crippen molar-refractivity contribution in [2.24, 2.45) is 0 Å². The van der Waals surface area contributed by atoms with Gasteiger partial charge in [0.15, 0.2) is 0 Å². The third-order valence-corrected chi connectivity index (χ3v) is 2.89. The van der Waals surface area contributed by atoms with Gasteiger partial charge in [0, 0.05) is 12.6 Å². The molecule has 0 aromatic carbocycles. The number of rotatable bonds is 7. The van der Waals surface area contributed by atoms with Crippen molar-refractivity contribution >= 4 is 12.0 Å². The molecule has 0 saturated heterocycles. The van der Waals surface area contributed by atoms with Crippen LogP contribution in [0.5, 0.6) is 0 Å². The average molecular weight is 283 g/mol. The zero-order valence-corrected chi connectivity index (χ0v) is 10.9. The fraction of sp³-hybridized carbons (Fsp3) is 0.636. The van der Waals surface area contributed by atoms with Gasteiger partial charge >= 0.3 is 12.0 Å². The number of nitrogens with zero attached hydrogens (tertiary/aromatic N) is 4. The van der Waals surface area contributed by atoms with Gasteiger partial charge in [-0.1, -0.05) is 5.21 Å². The summed E-state index contributed by atoms with van der Waals surface area (Å²) in [5.74, 6) is -1.01.